The van der Waals surface area contributed by atoms with E-state index in [0.29, 0.717) is 67.3 Å². The normalized spacial score (nSPS) is 32.1. The van der Waals surface area contributed by atoms with Crippen LogP contribution in [0.25, 0.3) is 10.9 Å². The highest BCUT2D eigenvalue weighted by molar-refractivity contribution is 5.95. The Labute approximate surface area is 405 Å². The molecule has 0 radical (unpaired) electrons. The van der Waals surface area contributed by atoms with Gasteiger partial charge in [-0.2, -0.15) is 0 Å². The van der Waals surface area contributed by atoms with Gasteiger partial charge in [0.25, 0.3) is 0 Å². The van der Waals surface area contributed by atoms with Crippen molar-refractivity contribution in [3.63, 3.8) is 0 Å². The van der Waals surface area contributed by atoms with Crippen molar-refractivity contribution in [1.29, 1.82) is 0 Å². The van der Waals surface area contributed by atoms with Gasteiger partial charge in [-0.1, -0.05) is 67.6 Å². The topological polar surface area (TPSA) is 191 Å². The van der Waals surface area contributed by atoms with Gasteiger partial charge in [0, 0.05) is 96.9 Å². The number of H-pyrrole nitrogens is 1. The molecule has 2 bridgehead atoms. The molecule has 0 amide bonds. The molecule has 15 nitrogen and oxygen atoms in total. The van der Waals surface area contributed by atoms with Crippen molar-refractivity contribution >= 4 is 40.5 Å². The number of nitrogens with one attached hydrogen (secondary N) is 1. The maximum atomic E-state index is 15.3. The van der Waals surface area contributed by atoms with Crippen LogP contribution in [0.4, 0.5) is 14.5 Å². The lowest BCUT2D eigenvalue weighted by atomic mass is 9.47. The van der Waals surface area contributed by atoms with Crippen molar-refractivity contribution in [3.8, 4) is 5.75 Å². The lowest BCUT2D eigenvalue weighted by molar-refractivity contribution is -0.228. The molecule has 11 atom stereocenters. The lowest BCUT2D eigenvalue weighted by Gasteiger charge is -2.63. The van der Waals surface area contributed by atoms with E-state index in [0.717, 1.165) is 29.0 Å². The Hall–Kier alpha value is -5.88. The minimum atomic E-state index is -2.94. The molecule has 10 rings (SSSR count). The van der Waals surface area contributed by atoms with Crippen molar-refractivity contribution in [1.82, 2.24) is 14.8 Å². The van der Waals surface area contributed by atoms with Gasteiger partial charge in [-0.15, -0.1) is 0 Å². The molecule has 1 aliphatic carbocycles. The first-order chi connectivity index (χ1) is 33.3. The number of alkyl halides is 2. The van der Waals surface area contributed by atoms with Gasteiger partial charge in [-0.25, -0.2) is 18.4 Å². The first-order valence-electron chi connectivity index (χ1n) is 23.9. The number of carboxylic acid groups (broad SMARTS) is 1. The molecule has 1 saturated carbocycles. The summed E-state index contributed by atoms with van der Waals surface area (Å²) in [5, 5.41) is 31.5. The molecule has 2 saturated heterocycles. The Morgan fingerprint density at radius 2 is 1.66 bits per heavy atom. The fourth-order valence-corrected chi connectivity index (χ4v) is 14.0. The number of rotatable bonds is 9. The first-order valence-corrected chi connectivity index (χ1v) is 23.9. The number of aliphatic hydroxyl groups excluding tert-OH is 1. The van der Waals surface area contributed by atoms with E-state index < -0.39 is 75.8 Å². The molecule has 70 heavy (non-hydrogen) atoms. The Morgan fingerprint density at radius 3 is 2.30 bits per heavy atom. The van der Waals surface area contributed by atoms with Gasteiger partial charge in [0.05, 0.1) is 27.4 Å². The van der Waals surface area contributed by atoms with Crippen LogP contribution >= 0.6 is 0 Å². The SMILES string of the molecule is CC[C@]12C=CCN3CC[C@@]4(c5cc([C@@]6(C(=O)OC)C[C@H]7C[C@@H](C(C)(F)F)CN(Cc8c6[nH]c6ccccc86)C7)c(OC)cc5N(C)[C@H]4[C@@](O)(C(=O)OC)[C@@H]1OC(C)=O)[C@@H]32.O=C(O)C(O)c1ccccc1. The van der Waals surface area contributed by atoms with E-state index in [1.165, 1.54) is 28.3 Å². The summed E-state index contributed by atoms with van der Waals surface area (Å²) in [6.45, 7) is 6.55. The van der Waals surface area contributed by atoms with E-state index in [-0.39, 0.29) is 31.3 Å². The Kier molecular flexibility index (Phi) is 12.5. The number of carbonyl (C=O) groups excluding carboxylic acids is 3. The molecule has 6 aliphatic rings. The average molecular weight is 969 g/mol. The molecule has 17 heteroatoms. The molecule has 1 aromatic heterocycles. The third-order valence-corrected chi connectivity index (χ3v) is 16.6. The molecule has 1 spiro atoms. The Bertz CT molecular complexity index is 2740. The van der Waals surface area contributed by atoms with Crippen LogP contribution in [0.3, 0.4) is 0 Å². The maximum absolute atomic E-state index is 15.3. The van der Waals surface area contributed by atoms with Crippen LogP contribution in [0.15, 0.2) is 78.9 Å². The number of ether oxygens (including phenoxy) is 4. The molecule has 4 aromatic rings. The zero-order valence-corrected chi connectivity index (χ0v) is 40.5. The highest BCUT2D eigenvalue weighted by atomic mass is 19.3. The summed E-state index contributed by atoms with van der Waals surface area (Å²) in [7, 11) is 5.94. The number of halogens is 2. The predicted octanol–water partition coefficient (Wildman–Crippen LogP) is 5.88. The number of fused-ring (bicyclic) bond motifs is 6. The van der Waals surface area contributed by atoms with Crippen molar-refractivity contribution in [2.24, 2.45) is 17.3 Å². The number of carboxylic acids is 1. The highest BCUT2D eigenvalue weighted by Gasteiger charge is 2.80. The second kappa shape index (κ2) is 17.8. The van der Waals surface area contributed by atoms with Gasteiger partial charge in [0.15, 0.2) is 12.2 Å². The average Bonchev–Trinajstić information content (AvgIpc) is 4.00. The van der Waals surface area contributed by atoms with Gasteiger partial charge in [0.1, 0.15) is 11.2 Å². The number of methoxy groups -OCH3 is 3. The number of anilines is 1. The summed E-state index contributed by atoms with van der Waals surface area (Å²) in [5.74, 6) is -7.15. The number of piperidine rings is 1. The fourth-order valence-electron chi connectivity index (χ4n) is 14.0. The summed E-state index contributed by atoms with van der Waals surface area (Å²) in [4.78, 5) is 62.7. The van der Waals surface area contributed by atoms with Crippen LogP contribution in [0.1, 0.15) is 80.5 Å². The number of aromatic nitrogens is 1. The smallest absolute Gasteiger partial charge is 0.344 e. The van der Waals surface area contributed by atoms with Crippen molar-refractivity contribution < 1.29 is 62.2 Å². The number of likely N-dealkylation sites (N-methyl/N-ethyl adjacent to an activating group) is 1. The van der Waals surface area contributed by atoms with Gasteiger partial charge >= 0.3 is 23.9 Å². The number of aliphatic hydroxyl groups is 2. The van der Waals surface area contributed by atoms with Crippen molar-refractivity contribution in [3.05, 3.63) is 107 Å². The molecule has 6 heterocycles. The molecule has 4 N–H and O–H groups in total. The lowest BCUT2D eigenvalue weighted by Crippen LogP contribution is -2.81. The third-order valence-electron chi connectivity index (χ3n) is 16.6. The number of carbonyl (C=O) groups is 4. The van der Waals surface area contributed by atoms with E-state index in [4.69, 9.17) is 29.2 Å². The number of esters is 3. The number of aromatic amines is 1. The Morgan fingerprint density at radius 1 is 0.957 bits per heavy atom. The summed E-state index contributed by atoms with van der Waals surface area (Å²) in [6.07, 6.45) is 2.63. The molecular weight excluding hydrogens is 907 g/mol. The monoisotopic (exact) mass is 968 g/mol. The van der Waals surface area contributed by atoms with Gasteiger partial charge in [-0.05, 0) is 73.9 Å². The molecular formula is C53H62F2N4O11. The van der Waals surface area contributed by atoms with E-state index in [9.17, 15) is 19.5 Å². The minimum absolute atomic E-state index is 0.155. The van der Waals surface area contributed by atoms with E-state index in [2.05, 4.69) is 14.8 Å². The van der Waals surface area contributed by atoms with Crippen molar-refractivity contribution in [2.75, 3.05) is 59.5 Å². The minimum Gasteiger partial charge on any atom is -0.496 e. The van der Waals surface area contributed by atoms with Gasteiger partial charge in [-0.3, -0.25) is 19.4 Å². The highest BCUT2D eigenvalue weighted by Crippen LogP contribution is 2.68. The zero-order chi connectivity index (χ0) is 50.3. The number of benzene rings is 3. The summed E-state index contributed by atoms with van der Waals surface area (Å²) in [6, 6.07) is 18.6. The number of hydrogen-bond donors (Lipinski definition) is 4. The standard InChI is InChI=1S/C45H54F2N4O8.C8H8O3/c1-8-42-14-11-16-51-17-15-43(36(42)51)30-19-31(34(56-5)20-33(30)49(4)37(43)45(55,40(54)58-7)38(42)59-25(2)52)44(39(53)57-6)21-26-18-27(41(3,46)47)23-50(22-26)24-29-28-12-9-10-13-32(28)48-35(29)44;9-7(8(10)11)6-4-2-1-3-5-6/h9-14,19-20,26-27,36-38,48,55H,8,15-18,21-24H2,1-7H3;1-5,7,9H,(H,10,11)/t26-,27-,36+,37-,38-,42-,43-,44+,45+;/m1./s1. The van der Waals surface area contributed by atoms with Crippen LogP contribution in [-0.4, -0.2) is 138 Å². The molecule has 3 aromatic carbocycles. The summed E-state index contributed by atoms with van der Waals surface area (Å²) < 4.78 is 54.3. The summed E-state index contributed by atoms with van der Waals surface area (Å²) >= 11 is 0. The Balaban J connectivity index is 0.000000490. The predicted molar refractivity (Wildman–Crippen MR) is 253 cm³/mol. The van der Waals surface area contributed by atoms with E-state index in [1.807, 2.05) is 67.4 Å². The number of nitrogens with zero attached hydrogens (tertiary/aromatic N) is 3. The van der Waals surface area contributed by atoms with Crippen LogP contribution < -0.4 is 9.64 Å². The number of para-hydroxylation sites is 1. The molecule has 3 fully saturated rings. The van der Waals surface area contributed by atoms with Crippen LogP contribution in [0.2, 0.25) is 0 Å². The second-order valence-electron chi connectivity index (χ2n) is 20.2. The summed E-state index contributed by atoms with van der Waals surface area (Å²) in [5.41, 5.74) is -1.24. The quantitative estimate of drug-likeness (QED) is 0.0883. The number of hydrogen-bond acceptors (Lipinski definition) is 13. The maximum Gasteiger partial charge on any atom is 0.344 e. The molecule has 2 unspecified atom stereocenters. The third kappa shape index (κ3) is 7.15. The first kappa shape index (κ1) is 49.1. The second-order valence-corrected chi connectivity index (χ2v) is 20.2. The molecule has 374 valence electrons. The largest absolute Gasteiger partial charge is 0.496 e. The van der Waals surface area contributed by atoms with E-state index in [1.54, 1.807) is 30.3 Å². The van der Waals surface area contributed by atoms with Crippen molar-refractivity contribution in [2.45, 2.75) is 99.6 Å². The van der Waals surface area contributed by atoms with Gasteiger partial charge in [0.2, 0.25) is 11.5 Å². The van der Waals surface area contributed by atoms with E-state index >= 15 is 13.6 Å². The van der Waals surface area contributed by atoms with Crippen LogP contribution in [0, 0.1) is 17.3 Å². The van der Waals surface area contributed by atoms with Crippen LogP contribution in [0.5, 0.6) is 5.75 Å². The van der Waals surface area contributed by atoms with Crippen LogP contribution in [-0.2, 0) is 50.8 Å². The zero-order valence-electron chi connectivity index (χ0n) is 40.5. The van der Waals surface area contributed by atoms with Gasteiger partial charge < -0.3 is 44.2 Å². The number of aliphatic carboxylic acids is 1. The molecule has 5 aliphatic heterocycles. The fraction of sp³-hybridized carbons (Fsp3) is 0.509.